The second kappa shape index (κ2) is 12.7. The van der Waals surface area contributed by atoms with Gasteiger partial charge in [-0.25, -0.2) is 14.0 Å². The van der Waals surface area contributed by atoms with Crippen LogP contribution in [0.1, 0.15) is 36.5 Å². The number of hydrogen-bond donors (Lipinski definition) is 0. The fourth-order valence-electron chi connectivity index (χ4n) is 4.29. The Balaban J connectivity index is 1.76. The quantitative estimate of drug-likeness (QED) is 0.314. The lowest BCUT2D eigenvalue weighted by atomic mass is 9.82. The Morgan fingerprint density at radius 2 is 1.34 bits per heavy atom. The summed E-state index contributed by atoms with van der Waals surface area (Å²) >= 11 is 0. The number of nitrogens with zero attached hydrogens (tertiary/aromatic N) is 1. The van der Waals surface area contributed by atoms with E-state index in [0.717, 1.165) is 11.1 Å². The Labute approximate surface area is 221 Å². The Kier molecular flexibility index (Phi) is 8.93. The molecule has 0 unspecified atom stereocenters. The fourth-order valence-corrected chi connectivity index (χ4v) is 4.29. The lowest BCUT2D eigenvalue weighted by Crippen LogP contribution is -2.29. The molecule has 196 valence electrons. The van der Waals surface area contributed by atoms with E-state index in [4.69, 9.17) is 14.2 Å². The molecule has 1 aliphatic heterocycles. The third-order valence-corrected chi connectivity index (χ3v) is 6.00. The zero-order valence-electron chi connectivity index (χ0n) is 21.4. The summed E-state index contributed by atoms with van der Waals surface area (Å²) in [4.78, 5) is 28.2. The maximum atomic E-state index is 13.4. The van der Waals surface area contributed by atoms with E-state index in [-0.39, 0.29) is 30.2 Å². The van der Waals surface area contributed by atoms with Crippen LogP contribution in [0.5, 0.6) is 5.75 Å². The number of rotatable bonds is 10. The maximum Gasteiger partial charge on any atom is 0.336 e. The predicted octanol–water partition coefficient (Wildman–Crippen LogP) is 5.90. The highest BCUT2D eigenvalue weighted by Crippen LogP contribution is 2.41. The predicted molar refractivity (Wildman–Crippen MR) is 141 cm³/mol. The van der Waals surface area contributed by atoms with Crippen LogP contribution in [0, 0.1) is 5.82 Å². The van der Waals surface area contributed by atoms with Gasteiger partial charge in [-0.1, -0.05) is 60.7 Å². The highest BCUT2D eigenvalue weighted by molar-refractivity contribution is 5.99. The molecule has 0 fully saturated rings. The molecule has 0 amide bonds. The molecule has 0 aliphatic carbocycles. The number of carbonyl (C=O) groups excluding carboxylic acids is 2. The van der Waals surface area contributed by atoms with Crippen LogP contribution < -0.4 is 4.74 Å². The van der Waals surface area contributed by atoms with Crippen molar-refractivity contribution < 1.29 is 28.2 Å². The van der Waals surface area contributed by atoms with Crippen molar-refractivity contribution in [3.05, 3.63) is 125 Å². The first kappa shape index (κ1) is 26.7. The Morgan fingerprint density at radius 1 is 0.763 bits per heavy atom. The summed E-state index contributed by atoms with van der Waals surface area (Å²) in [6.07, 6.45) is 3.34. The lowest BCUT2D eigenvalue weighted by Gasteiger charge is -2.31. The summed E-state index contributed by atoms with van der Waals surface area (Å²) in [7, 11) is 0. The van der Waals surface area contributed by atoms with Crippen molar-refractivity contribution >= 4 is 11.9 Å². The topological polar surface area (TPSA) is 65.1 Å². The van der Waals surface area contributed by atoms with Crippen LogP contribution in [-0.2, 0) is 32.2 Å². The first-order valence-corrected chi connectivity index (χ1v) is 12.5. The van der Waals surface area contributed by atoms with E-state index >= 15 is 0 Å². The SMILES string of the molecule is CCOC(=O)C1=CN(Cc2ccc(F)cc2)C=C(C(=O)OCC)C1c1ccccc1OCc1ccccc1. The normalized spacial score (nSPS) is 13.4. The van der Waals surface area contributed by atoms with E-state index in [1.54, 1.807) is 43.3 Å². The van der Waals surface area contributed by atoms with Gasteiger partial charge in [0.25, 0.3) is 0 Å². The first-order valence-electron chi connectivity index (χ1n) is 12.5. The minimum atomic E-state index is -0.774. The van der Waals surface area contributed by atoms with Crippen molar-refractivity contribution in [1.82, 2.24) is 4.90 Å². The van der Waals surface area contributed by atoms with Crippen molar-refractivity contribution in [2.75, 3.05) is 13.2 Å². The van der Waals surface area contributed by atoms with Crippen LogP contribution in [-0.4, -0.2) is 30.1 Å². The molecule has 1 heterocycles. The third-order valence-electron chi connectivity index (χ3n) is 6.00. The molecule has 0 N–H and O–H groups in total. The number of para-hydroxylation sites is 1. The molecule has 7 heteroatoms. The first-order chi connectivity index (χ1) is 18.5. The van der Waals surface area contributed by atoms with Gasteiger partial charge in [0, 0.05) is 24.5 Å². The maximum absolute atomic E-state index is 13.4. The Hall–Kier alpha value is -4.39. The smallest absolute Gasteiger partial charge is 0.336 e. The molecule has 3 aromatic rings. The molecule has 0 bridgehead atoms. The summed E-state index contributed by atoms with van der Waals surface area (Å²) < 4.78 is 30.4. The van der Waals surface area contributed by atoms with Crippen molar-refractivity contribution in [1.29, 1.82) is 0 Å². The molecule has 38 heavy (non-hydrogen) atoms. The van der Waals surface area contributed by atoms with E-state index in [1.165, 1.54) is 12.1 Å². The number of esters is 2. The molecule has 0 saturated carbocycles. The molecule has 1 aliphatic rings. The van der Waals surface area contributed by atoms with E-state index in [2.05, 4.69) is 0 Å². The van der Waals surface area contributed by atoms with E-state index in [0.29, 0.717) is 24.5 Å². The molecule has 0 atom stereocenters. The van der Waals surface area contributed by atoms with Crippen molar-refractivity contribution in [2.45, 2.75) is 32.9 Å². The Bertz CT molecular complexity index is 1280. The summed E-state index contributed by atoms with van der Waals surface area (Å²) in [5.41, 5.74) is 2.98. The summed E-state index contributed by atoms with van der Waals surface area (Å²) in [6.45, 7) is 4.43. The number of carbonyl (C=O) groups is 2. The summed E-state index contributed by atoms with van der Waals surface area (Å²) in [5, 5.41) is 0. The van der Waals surface area contributed by atoms with Crippen LogP contribution in [0.2, 0.25) is 0 Å². The van der Waals surface area contributed by atoms with Crippen LogP contribution in [0.4, 0.5) is 4.39 Å². The van der Waals surface area contributed by atoms with Gasteiger partial charge in [-0.3, -0.25) is 0 Å². The van der Waals surface area contributed by atoms with E-state index in [1.807, 2.05) is 54.6 Å². The van der Waals surface area contributed by atoms with Crippen molar-refractivity contribution in [2.24, 2.45) is 0 Å². The van der Waals surface area contributed by atoms with Gasteiger partial charge in [0.1, 0.15) is 18.2 Å². The lowest BCUT2D eigenvalue weighted by molar-refractivity contribution is -0.139. The zero-order valence-corrected chi connectivity index (χ0v) is 21.4. The summed E-state index contributed by atoms with van der Waals surface area (Å²) in [5.74, 6) is -1.67. The zero-order chi connectivity index (χ0) is 26.9. The number of halogens is 1. The summed E-state index contributed by atoms with van der Waals surface area (Å²) in [6, 6.07) is 23.1. The molecule has 0 radical (unpaired) electrons. The Morgan fingerprint density at radius 3 is 1.95 bits per heavy atom. The fraction of sp³-hybridized carbons (Fsp3) is 0.226. The van der Waals surface area contributed by atoms with Gasteiger partial charge in [-0.05, 0) is 43.2 Å². The number of hydrogen-bond acceptors (Lipinski definition) is 6. The molecule has 0 aromatic heterocycles. The molecule has 3 aromatic carbocycles. The molecular formula is C31H30FNO5. The van der Waals surface area contributed by atoms with Crippen molar-refractivity contribution in [3.8, 4) is 5.75 Å². The van der Waals surface area contributed by atoms with Crippen LogP contribution in [0.15, 0.2) is 102 Å². The van der Waals surface area contributed by atoms with Crippen molar-refractivity contribution in [3.63, 3.8) is 0 Å². The molecule has 4 rings (SSSR count). The minimum absolute atomic E-state index is 0.172. The van der Waals surface area contributed by atoms with Gasteiger partial charge in [-0.15, -0.1) is 0 Å². The molecular weight excluding hydrogens is 485 g/mol. The van der Waals surface area contributed by atoms with Crippen LogP contribution in [0.3, 0.4) is 0 Å². The van der Waals surface area contributed by atoms with Gasteiger partial charge in [0.15, 0.2) is 0 Å². The van der Waals surface area contributed by atoms with Crippen LogP contribution in [0.25, 0.3) is 0 Å². The third kappa shape index (κ3) is 6.48. The largest absolute Gasteiger partial charge is 0.489 e. The van der Waals surface area contributed by atoms with Gasteiger partial charge in [-0.2, -0.15) is 0 Å². The highest BCUT2D eigenvalue weighted by Gasteiger charge is 2.37. The minimum Gasteiger partial charge on any atom is -0.489 e. The molecule has 0 spiro atoms. The number of benzene rings is 3. The average Bonchev–Trinajstić information content (AvgIpc) is 2.94. The monoisotopic (exact) mass is 515 g/mol. The molecule has 0 saturated heterocycles. The van der Waals surface area contributed by atoms with Gasteiger partial charge >= 0.3 is 11.9 Å². The second-order valence-corrected chi connectivity index (χ2v) is 8.65. The van der Waals surface area contributed by atoms with E-state index in [9.17, 15) is 14.0 Å². The molecule has 6 nitrogen and oxygen atoms in total. The average molecular weight is 516 g/mol. The van der Waals surface area contributed by atoms with E-state index < -0.39 is 17.9 Å². The van der Waals surface area contributed by atoms with Crippen LogP contribution >= 0.6 is 0 Å². The van der Waals surface area contributed by atoms with Gasteiger partial charge in [0.05, 0.1) is 30.3 Å². The van der Waals surface area contributed by atoms with Gasteiger partial charge < -0.3 is 19.1 Å². The second-order valence-electron chi connectivity index (χ2n) is 8.65. The highest BCUT2D eigenvalue weighted by atomic mass is 19.1. The standard InChI is InChI=1S/C31H30FNO5/c1-3-36-30(34)26-19-33(18-22-14-16-24(32)17-15-22)20-27(31(35)37-4-2)29(26)25-12-8-9-13-28(25)38-21-23-10-6-5-7-11-23/h5-17,19-20,29H,3-4,18,21H2,1-2H3. The number of ether oxygens (including phenoxy) is 3. The van der Waals surface area contributed by atoms with Gasteiger partial charge in [0.2, 0.25) is 0 Å².